The van der Waals surface area contributed by atoms with Gasteiger partial charge in [0.05, 0.1) is 27.7 Å². The highest BCUT2D eigenvalue weighted by atomic mass is 28.1. The molecule has 0 aliphatic heterocycles. The zero-order valence-electron chi connectivity index (χ0n) is 13.4. The van der Waals surface area contributed by atoms with E-state index in [1.807, 2.05) is 0 Å². The van der Waals surface area contributed by atoms with Crippen molar-refractivity contribution in [2.45, 2.75) is 57.4 Å². The summed E-state index contributed by atoms with van der Waals surface area (Å²) in [6.07, 6.45) is 11.3. The van der Waals surface area contributed by atoms with Gasteiger partial charge in [0.25, 0.3) is 0 Å². The number of nitrogens with zero attached hydrogens (tertiary/aromatic N) is 1. The first kappa shape index (κ1) is 18.1. The van der Waals surface area contributed by atoms with Gasteiger partial charge in [0.15, 0.2) is 0 Å². The minimum Gasteiger partial charge on any atom is -0.331 e. The molecular weight excluding hydrogens is 236 g/mol. The second-order valence-electron chi connectivity index (χ2n) is 6.59. The van der Waals surface area contributed by atoms with Gasteiger partial charge in [-0.15, -0.1) is 0 Å². The molecule has 0 atom stereocenters. The molecule has 0 aliphatic carbocycles. The number of hydrogen-bond donors (Lipinski definition) is 1. The van der Waals surface area contributed by atoms with E-state index in [4.69, 9.17) is 0 Å². The average Bonchev–Trinajstić information content (AvgIpc) is 2.29. The molecule has 0 rings (SSSR count). The van der Waals surface area contributed by atoms with E-state index < -0.39 is 0 Å². The molecule has 110 valence electrons. The number of rotatable bonds is 13. The van der Waals surface area contributed by atoms with Crippen LogP contribution in [-0.4, -0.2) is 55.5 Å². The third kappa shape index (κ3) is 16.1. The van der Waals surface area contributed by atoms with Gasteiger partial charge in [0.2, 0.25) is 0 Å². The van der Waals surface area contributed by atoms with Crippen molar-refractivity contribution in [1.82, 2.24) is 5.32 Å². The molecule has 18 heavy (non-hydrogen) atoms. The summed E-state index contributed by atoms with van der Waals surface area (Å²) in [7, 11) is 8.22. The first-order chi connectivity index (χ1) is 8.56. The molecule has 0 radical (unpaired) electrons. The van der Waals surface area contributed by atoms with Gasteiger partial charge in [-0.2, -0.15) is 0 Å². The molecule has 0 saturated carbocycles. The van der Waals surface area contributed by atoms with Crippen LogP contribution in [-0.2, 0) is 0 Å². The monoisotopic (exact) mass is 273 g/mol. The highest BCUT2D eigenvalue weighted by molar-refractivity contribution is 6.08. The fourth-order valence-corrected chi connectivity index (χ4v) is 2.50. The Hall–Kier alpha value is 0.137. The molecule has 2 nitrogen and oxygen atoms in total. The van der Waals surface area contributed by atoms with Crippen LogP contribution in [0.5, 0.6) is 0 Å². The molecule has 0 aromatic rings. The minimum atomic E-state index is 1.12. The molecule has 0 heterocycles. The summed E-state index contributed by atoms with van der Waals surface area (Å²) in [5.41, 5.74) is 0. The van der Waals surface area contributed by atoms with Gasteiger partial charge in [-0.25, -0.2) is 0 Å². The van der Waals surface area contributed by atoms with Crippen LogP contribution >= 0.6 is 0 Å². The average molecular weight is 274 g/mol. The molecule has 0 aromatic heterocycles. The van der Waals surface area contributed by atoms with E-state index in [1.165, 1.54) is 87.3 Å². The van der Waals surface area contributed by atoms with Crippen molar-refractivity contribution in [2.75, 3.05) is 40.8 Å². The largest absolute Gasteiger partial charge is 0.331 e. The SMILES string of the molecule is C[N+](C)(C)CCCCCCCCCNCCC[SiH3]. The summed E-state index contributed by atoms with van der Waals surface area (Å²) >= 11 is 0. The quantitative estimate of drug-likeness (QED) is 0.308. The van der Waals surface area contributed by atoms with Crippen molar-refractivity contribution in [3.63, 3.8) is 0 Å². The molecule has 0 aliphatic rings. The topological polar surface area (TPSA) is 12.0 Å². The van der Waals surface area contributed by atoms with E-state index in [1.54, 1.807) is 0 Å². The van der Waals surface area contributed by atoms with E-state index in [0.717, 1.165) is 4.48 Å². The first-order valence-corrected chi connectivity index (χ1v) is 9.49. The Morgan fingerprint density at radius 2 is 1.22 bits per heavy atom. The highest BCUT2D eigenvalue weighted by Crippen LogP contribution is 2.08. The predicted octanol–water partition coefficient (Wildman–Crippen LogP) is 2.19. The van der Waals surface area contributed by atoms with Crippen LogP contribution in [0.2, 0.25) is 6.04 Å². The third-order valence-electron chi connectivity index (χ3n) is 3.39. The molecular formula is C15H37N2Si+. The second kappa shape index (κ2) is 12.2. The van der Waals surface area contributed by atoms with Crippen LogP contribution in [0.1, 0.15) is 51.4 Å². The Morgan fingerprint density at radius 3 is 1.78 bits per heavy atom. The lowest BCUT2D eigenvalue weighted by atomic mass is 10.1. The van der Waals surface area contributed by atoms with Gasteiger partial charge >= 0.3 is 0 Å². The maximum Gasteiger partial charge on any atom is 0.0780 e. The smallest absolute Gasteiger partial charge is 0.0780 e. The molecule has 0 unspecified atom stereocenters. The van der Waals surface area contributed by atoms with Crippen molar-refractivity contribution in [3.8, 4) is 0 Å². The van der Waals surface area contributed by atoms with E-state index in [9.17, 15) is 0 Å². The molecule has 0 fully saturated rings. The number of unbranched alkanes of at least 4 members (excludes halogenated alkanes) is 6. The van der Waals surface area contributed by atoms with Crippen molar-refractivity contribution in [2.24, 2.45) is 0 Å². The first-order valence-electron chi connectivity index (χ1n) is 8.07. The summed E-state index contributed by atoms with van der Waals surface area (Å²) in [5, 5.41) is 3.53. The molecule has 1 N–H and O–H groups in total. The Balaban J connectivity index is 2.99. The number of hydrogen-bond acceptors (Lipinski definition) is 1. The summed E-state index contributed by atoms with van der Waals surface area (Å²) in [5.74, 6) is 0. The van der Waals surface area contributed by atoms with Crippen LogP contribution in [0, 0.1) is 0 Å². The van der Waals surface area contributed by atoms with Gasteiger partial charge in [0, 0.05) is 10.2 Å². The van der Waals surface area contributed by atoms with Gasteiger partial charge in [-0.3, -0.25) is 0 Å². The van der Waals surface area contributed by atoms with Crippen LogP contribution < -0.4 is 5.32 Å². The van der Waals surface area contributed by atoms with Gasteiger partial charge in [-0.05, 0) is 38.8 Å². The second-order valence-corrected chi connectivity index (χ2v) is 7.59. The zero-order chi connectivity index (χ0) is 13.7. The normalized spacial score (nSPS) is 12.2. The lowest BCUT2D eigenvalue weighted by Crippen LogP contribution is -2.35. The summed E-state index contributed by atoms with van der Waals surface area (Å²) < 4.78 is 1.12. The lowest BCUT2D eigenvalue weighted by molar-refractivity contribution is -0.870. The van der Waals surface area contributed by atoms with Crippen molar-refractivity contribution >= 4 is 10.2 Å². The van der Waals surface area contributed by atoms with Gasteiger partial charge in [0.1, 0.15) is 0 Å². The van der Waals surface area contributed by atoms with Gasteiger partial charge < -0.3 is 9.80 Å². The van der Waals surface area contributed by atoms with E-state index >= 15 is 0 Å². The Morgan fingerprint density at radius 1 is 0.722 bits per heavy atom. The Kier molecular flexibility index (Phi) is 12.3. The lowest BCUT2D eigenvalue weighted by Gasteiger charge is -2.23. The standard InChI is InChI=1S/C15H37N2Si/c1-17(2,3)14-10-8-6-4-5-7-9-12-16-13-11-15-18/h16H,4-15H2,1-3,18H3/q+1. The van der Waals surface area contributed by atoms with Crippen molar-refractivity contribution in [3.05, 3.63) is 0 Å². The van der Waals surface area contributed by atoms with Crippen molar-refractivity contribution in [1.29, 1.82) is 0 Å². The molecule has 0 bridgehead atoms. The van der Waals surface area contributed by atoms with Crippen LogP contribution in [0.15, 0.2) is 0 Å². The summed E-state index contributed by atoms with van der Waals surface area (Å²) in [6.45, 7) is 3.81. The maximum absolute atomic E-state index is 3.53. The fourth-order valence-electron chi connectivity index (χ4n) is 2.15. The fraction of sp³-hybridized carbons (Fsp3) is 1.00. The Bertz CT molecular complexity index is 166. The van der Waals surface area contributed by atoms with Gasteiger partial charge in [-0.1, -0.05) is 31.7 Å². The molecule has 0 spiro atoms. The van der Waals surface area contributed by atoms with E-state index in [-0.39, 0.29) is 0 Å². The third-order valence-corrected chi connectivity index (χ3v) is 4.10. The minimum absolute atomic E-state index is 1.12. The van der Waals surface area contributed by atoms with E-state index in [2.05, 4.69) is 26.5 Å². The molecule has 0 aromatic carbocycles. The zero-order valence-corrected chi connectivity index (χ0v) is 15.4. The van der Waals surface area contributed by atoms with Crippen LogP contribution in [0.3, 0.4) is 0 Å². The summed E-state index contributed by atoms with van der Waals surface area (Å²) in [6, 6.07) is 1.44. The maximum atomic E-state index is 3.53. The van der Waals surface area contributed by atoms with Crippen LogP contribution in [0.25, 0.3) is 0 Å². The number of nitrogens with one attached hydrogen (secondary N) is 1. The summed E-state index contributed by atoms with van der Waals surface area (Å²) in [4.78, 5) is 0. The highest BCUT2D eigenvalue weighted by Gasteiger charge is 2.04. The van der Waals surface area contributed by atoms with E-state index in [0.29, 0.717) is 0 Å². The predicted molar refractivity (Wildman–Crippen MR) is 87.5 cm³/mol. The van der Waals surface area contributed by atoms with Crippen LogP contribution in [0.4, 0.5) is 0 Å². The molecule has 3 heteroatoms. The Labute approximate surface area is 119 Å². The molecule has 0 saturated heterocycles. The van der Waals surface area contributed by atoms with Crippen molar-refractivity contribution < 1.29 is 4.48 Å². The molecule has 0 amide bonds. The number of quaternary nitrogens is 1.